The molecular weight excluding hydrogens is 120 g/mol. The van der Waals surface area contributed by atoms with Gasteiger partial charge in [-0.3, -0.25) is 10.0 Å². The number of rotatable bonds is 0. The van der Waals surface area contributed by atoms with Gasteiger partial charge in [0.05, 0.1) is 5.41 Å². The van der Waals surface area contributed by atoms with E-state index in [4.69, 9.17) is 5.21 Å². The standard InChI is InChI=1S/C5H10N2O2/c1-5(2)3-6-7(9)4(5)8/h6,9H,3H2,1-2H3. The lowest BCUT2D eigenvalue weighted by atomic mass is 9.95. The van der Waals surface area contributed by atoms with Crippen molar-refractivity contribution in [1.29, 1.82) is 0 Å². The van der Waals surface area contributed by atoms with E-state index in [9.17, 15) is 4.79 Å². The summed E-state index contributed by atoms with van der Waals surface area (Å²) in [7, 11) is 0. The van der Waals surface area contributed by atoms with Gasteiger partial charge in [0.25, 0.3) is 5.91 Å². The molecule has 0 aromatic rings. The van der Waals surface area contributed by atoms with E-state index in [2.05, 4.69) is 5.43 Å². The maximum Gasteiger partial charge on any atom is 0.268 e. The predicted octanol–water partition coefficient (Wildman–Crippen LogP) is -0.251. The molecule has 0 aliphatic carbocycles. The molecule has 0 aromatic carbocycles. The molecule has 0 spiro atoms. The highest BCUT2D eigenvalue weighted by molar-refractivity contribution is 5.82. The van der Waals surface area contributed by atoms with E-state index >= 15 is 0 Å². The largest absolute Gasteiger partial charge is 0.270 e. The summed E-state index contributed by atoms with van der Waals surface area (Å²) in [5, 5.41) is 9.25. The smallest absolute Gasteiger partial charge is 0.268 e. The first-order chi connectivity index (χ1) is 4.04. The fourth-order valence-corrected chi connectivity index (χ4v) is 0.707. The summed E-state index contributed by atoms with van der Waals surface area (Å²) in [6.45, 7) is 4.06. The quantitative estimate of drug-likeness (QED) is 0.444. The van der Waals surface area contributed by atoms with Crippen LogP contribution < -0.4 is 5.43 Å². The normalized spacial score (nSPS) is 25.2. The fraction of sp³-hybridized carbons (Fsp3) is 0.800. The summed E-state index contributed by atoms with van der Waals surface area (Å²) in [5.41, 5.74) is 2.05. The summed E-state index contributed by atoms with van der Waals surface area (Å²) < 4.78 is 0. The Hall–Kier alpha value is -0.610. The van der Waals surface area contributed by atoms with Crippen molar-refractivity contribution in [2.75, 3.05) is 6.54 Å². The Kier molecular flexibility index (Phi) is 1.22. The third kappa shape index (κ3) is 0.906. The first-order valence-electron chi connectivity index (χ1n) is 2.81. The second-order valence-corrected chi connectivity index (χ2v) is 2.84. The minimum absolute atomic E-state index is 0.275. The van der Waals surface area contributed by atoms with E-state index in [1.165, 1.54) is 0 Å². The topological polar surface area (TPSA) is 52.6 Å². The second kappa shape index (κ2) is 1.68. The molecule has 1 rings (SSSR count). The molecule has 0 aromatic heterocycles. The van der Waals surface area contributed by atoms with Gasteiger partial charge < -0.3 is 0 Å². The van der Waals surface area contributed by atoms with Crippen LogP contribution in [0.4, 0.5) is 0 Å². The number of hydrazine groups is 1. The molecule has 1 amide bonds. The molecule has 1 aliphatic rings. The third-order valence-corrected chi connectivity index (χ3v) is 1.44. The number of nitrogens with zero attached hydrogens (tertiary/aromatic N) is 1. The average Bonchev–Trinajstić information content (AvgIpc) is 1.97. The van der Waals surface area contributed by atoms with Crippen LogP contribution in [0.25, 0.3) is 0 Å². The maximum atomic E-state index is 10.8. The molecule has 4 heteroatoms. The van der Waals surface area contributed by atoms with Crippen LogP contribution in [0, 0.1) is 5.41 Å². The van der Waals surface area contributed by atoms with Crippen LogP contribution in [0.2, 0.25) is 0 Å². The van der Waals surface area contributed by atoms with Crippen molar-refractivity contribution in [3.05, 3.63) is 0 Å². The first-order valence-corrected chi connectivity index (χ1v) is 2.81. The average molecular weight is 130 g/mol. The lowest BCUT2D eigenvalue weighted by Crippen LogP contribution is -2.31. The highest BCUT2D eigenvalue weighted by Gasteiger charge is 2.38. The SMILES string of the molecule is CC1(C)CNN(O)C1=O. The van der Waals surface area contributed by atoms with Gasteiger partial charge in [0.15, 0.2) is 0 Å². The highest BCUT2D eigenvalue weighted by atomic mass is 16.6. The van der Waals surface area contributed by atoms with Crippen LogP contribution in [0.5, 0.6) is 0 Å². The predicted molar refractivity (Wildman–Crippen MR) is 30.4 cm³/mol. The summed E-state index contributed by atoms with van der Waals surface area (Å²) in [6.07, 6.45) is 0. The highest BCUT2D eigenvalue weighted by Crippen LogP contribution is 2.20. The van der Waals surface area contributed by atoms with E-state index in [0.29, 0.717) is 11.7 Å². The van der Waals surface area contributed by atoms with Crippen LogP contribution in [0.15, 0.2) is 0 Å². The Morgan fingerprint density at radius 1 is 1.78 bits per heavy atom. The van der Waals surface area contributed by atoms with E-state index < -0.39 is 5.41 Å². The lowest BCUT2D eigenvalue weighted by molar-refractivity contribution is -0.172. The zero-order chi connectivity index (χ0) is 7.07. The first kappa shape index (κ1) is 6.51. The number of nitrogens with one attached hydrogen (secondary N) is 1. The van der Waals surface area contributed by atoms with Crippen LogP contribution in [-0.2, 0) is 4.79 Å². The number of hydrogen-bond acceptors (Lipinski definition) is 3. The fourth-order valence-electron chi connectivity index (χ4n) is 0.707. The molecular formula is C5H10N2O2. The van der Waals surface area contributed by atoms with Gasteiger partial charge in [0, 0.05) is 6.54 Å². The molecule has 0 saturated carbocycles. The minimum Gasteiger partial charge on any atom is -0.270 e. The van der Waals surface area contributed by atoms with Gasteiger partial charge in [-0.1, -0.05) is 0 Å². The Bertz CT molecular complexity index is 144. The number of hydrogen-bond donors (Lipinski definition) is 2. The van der Waals surface area contributed by atoms with E-state index in [-0.39, 0.29) is 5.91 Å². The van der Waals surface area contributed by atoms with E-state index in [1.807, 2.05) is 0 Å². The monoisotopic (exact) mass is 130 g/mol. The van der Waals surface area contributed by atoms with Gasteiger partial charge in [0.2, 0.25) is 0 Å². The Balaban J connectivity index is 2.74. The van der Waals surface area contributed by atoms with Crippen molar-refractivity contribution in [2.45, 2.75) is 13.8 Å². The zero-order valence-corrected chi connectivity index (χ0v) is 5.51. The lowest BCUT2D eigenvalue weighted by Gasteiger charge is -2.10. The van der Waals surface area contributed by atoms with Crippen LogP contribution >= 0.6 is 0 Å². The van der Waals surface area contributed by atoms with Crippen molar-refractivity contribution < 1.29 is 10.0 Å². The van der Waals surface area contributed by atoms with Gasteiger partial charge in [-0.05, 0) is 13.8 Å². The van der Waals surface area contributed by atoms with Crippen molar-refractivity contribution >= 4 is 5.91 Å². The summed E-state index contributed by atoms with van der Waals surface area (Å²) in [6, 6.07) is 0. The van der Waals surface area contributed by atoms with Gasteiger partial charge in [-0.2, -0.15) is 5.17 Å². The Labute approximate surface area is 53.4 Å². The number of hydroxylamine groups is 1. The Morgan fingerprint density at radius 3 is 2.44 bits per heavy atom. The molecule has 52 valence electrons. The number of carbonyl (C=O) groups excluding carboxylic acids is 1. The molecule has 0 radical (unpaired) electrons. The molecule has 1 fully saturated rings. The van der Waals surface area contributed by atoms with E-state index in [0.717, 1.165) is 0 Å². The zero-order valence-electron chi connectivity index (χ0n) is 5.51. The van der Waals surface area contributed by atoms with Crippen molar-refractivity contribution in [1.82, 2.24) is 10.6 Å². The minimum atomic E-state index is -0.450. The van der Waals surface area contributed by atoms with Gasteiger partial charge in [0.1, 0.15) is 0 Å². The van der Waals surface area contributed by atoms with Gasteiger partial charge in [-0.25, -0.2) is 5.43 Å². The third-order valence-electron chi connectivity index (χ3n) is 1.44. The maximum absolute atomic E-state index is 10.8. The molecule has 1 saturated heterocycles. The molecule has 2 N–H and O–H groups in total. The summed E-state index contributed by atoms with van der Waals surface area (Å²) >= 11 is 0. The van der Waals surface area contributed by atoms with Crippen molar-refractivity contribution in [2.24, 2.45) is 5.41 Å². The summed E-state index contributed by atoms with van der Waals surface area (Å²) in [5.74, 6) is -0.275. The van der Waals surface area contributed by atoms with Gasteiger partial charge in [-0.15, -0.1) is 0 Å². The Morgan fingerprint density at radius 2 is 2.33 bits per heavy atom. The molecule has 9 heavy (non-hydrogen) atoms. The van der Waals surface area contributed by atoms with Crippen LogP contribution in [-0.4, -0.2) is 22.8 Å². The van der Waals surface area contributed by atoms with Crippen LogP contribution in [0.3, 0.4) is 0 Å². The van der Waals surface area contributed by atoms with Crippen molar-refractivity contribution in [3.8, 4) is 0 Å². The molecule has 4 nitrogen and oxygen atoms in total. The number of carbonyl (C=O) groups is 1. The number of amides is 1. The summed E-state index contributed by atoms with van der Waals surface area (Å²) in [4.78, 5) is 10.8. The van der Waals surface area contributed by atoms with E-state index in [1.54, 1.807) is 13.8 Å². The molecule has 0 bridgehead atoms. The molecule has 0 unspecified atom stereocenters. The molecule has 1 aliphatic heterocycles. The second-order valence-electron chi connectivity index (χ2n) is 2.84. The van der Waals surface area contributed by atoms with Crippen molar-refractivity contribution in [3.63, 3.8) is 0 Å². The van der Waals surface area contributed by atoms with Crippen LogP contribution in [0.1, 0.15) is 13.8 Å². The van der Waals surface area contributed by atoms with Gasteiger partial charge >= 0.3 is 0 Å². The molecule has 1 heterocycles. The molecule has 0 atom stereocenters.